The first-order valence-corrected chi connectivity index (χ1v) is 5.07. The summed E-state index contributed by atoms with van der Waals surface area (Å²) in [6.07, 6.45) is 0. The number of piperazine rings is 1. The summed E-state index contributed by atoms with van der Waals surface area (Å²) in [6.45, 7) is 3.55. The van der Waals surface area contributed by atoms with E-state index in [0.29, 0.717) is 5.56 Å². The summed E-state index contributed by atoms with van der Waals surface area (Å²) in [5.74, 6) is -0.857. The Morgan fingerprint density at radius 1 is 1.11 bits per heavy atom. The van der Waals surface area contributed by atoms with Crippen molar-refractivity contribution in [1.82, 2.24) is 5.32 Å². The summed E-state index contributed by atoms with van der Waals surface area (Å²) in [6, 6.07) is 7.16. The fourth-order valence-electron chi connectivity index (χ4n) is 1.84. The first-order valence-electron chi connectivity index (χ1n) is 5.07. The first kappa shape index (κ1) is 18.7. The first-order chi connectivity index (χ1) is 7.29. The Morgan fingerprint density at radius 2 is 1.67 bits per heavy atom. The zero-order chi connectivity index (χ0) is 10.7. The number of carboxylic acid groups (broad SMARTS) is 1. The normalized spacial score (nSPS) is 13.7. The number of rotatable bonds is 2. The van der Waals surface area contributed by atoms with Gasteiger partial charge in [0.05, 0.1) is 11.3 Å². The Bertz CT molecular complexity index is 366. The highest BCUT2D eigenvalue weighted by atomic mass is 16.4. The van der Waals surface area contributed by atoms with Crippen LogP contribution >= 0.6 is 0 Å². The van der Waals surface area contributed by atoms with E-state index < -0.39 is 5.97 Å². The van der Waals surface area contributed by atoms with Gasteiger partial charge in [-0.15, -0.1) is 0 Å². The van der Waals surface area contributed by atoms with Gasteiger partial charge in [-0.05, 0) is 12.1 Å². The summed E-state index contributed by atoms with van der Waals surface area (Å²) >= 11 is 0. The van der Waals surface area contributed by atoms with Crippen LogP contribution in [0.3, 0.4) is 0 Å². The molecular weight excluding hydrogens is 240 g/mol. The molecule has 0 atom stereocenters. The summed E-state index contributed by atoms with van der Waals surface area (Å²) in [5, 5.41) is 12.3. The highest BCUT2D eigenvalue weighted by Crippen LogP contribution is 2.20. The predicted molar refractivity (Wildman–Crippen MR) is 69.3 cm³/mol. The molecule has 18 heavy (non-hydrogen) atoms. The Labute approximate surface area is 105 Å². The lowest BCUT2D eigenvalue weighted by atomic mass is 10.1. The average molecular weight is 260 g/mol. The fraction of sp³-hybridized carbons (Fsp3) is 0.364. The largest absolute Gasteiger partial charge is 0.478 e. The van der Waals surface area contributed by atoms with Crippen molar-refractivity contribution in [2.45, 2.75) is 0 Å². The van der Waals surface area contributed by atoms with Crippen molar-refractivity contribution in [3.8, 4) is 0 Å². The lowest BCUT2D eigenvalue weighted by Crippen LogP contribution is -2.44. The van der Waals surface area contributed by atoms with E-state index in [0.717, 1.165) is 31.9 Å². The number of anilines is 1. The molecule has 7 nitrogen and oxygen atoms in total. The number of hydrogen-bond donors (Lipinski definition) is 2. The molecule has 0 aromatic heterocycles. The standard InChI is InChI=1S/C11H14N2O2.3H2O/c14-11(15)9-3-1-2-4-10(9)13-7-5-12-6-8-13;;;/h1-4,12H,5-8H2,(H,14,15);3*1H2. The maximum Gasteiger partial charge on any atom is 0.337 e. The topological polar surface area (TPSA) is 147 Å². The van der Waals surface area contributed by atoms with Gasteiger partial charge in [0.15, 0.2) is 0 Å². The number of hydrogen-bond acceptors (Lipinski definition) is 3. The number of nitrogens with one attached hydrogen (secondary N) is 1. The van der Waals surface area contributed by atoms with Crippen molar-refractivity contribution in [3.63, 3.8) is 0 Å². The van der Waals surface area contributed by atoms with E-state index >= 15 is 0 Å². The van der Waals surface area contributed by atoms with E-state index in [9.17, 15) is 4.79 Å². The lowest BCUT2D eigenvalue weighted by molar-refractivity contribution is 0.0697. The molecule has 1 saturated heterocycles. The molecule has 0 spiro atoms. The summed E-state index contributed by atoms with van der Waals surface area (Å²) in [4.78, 5) is 13.1. The Balaban J connectivity index is 0. The molecule has 2 rings (SSSR count). The molecule has 1 heterocycles. The van der Waals surface area contributed by atoms with E-state index in [4.69, 9.17) is 5.11 Å². The van der Waals surface area contributed by atoms with Crippen LogP contribution in [0.4, 0.5) is 5.69 Å². The fourth-order valence-corrected chi connectivity index (χ4v) is 1.84. The summed E-state index contributed by atoms with van der Waals surface area (Å²) in [7, 11) is 0. The van der Waals surface area contributed by atoms with Crippen LogP contribution in [0.15, 0.2) is 24.3 Å². The van der Waals surface area contributed by atoms with Crippen molar-refractivity contribution in [2.24, 2.45) is 0 Å². The number of para-hydroxylation sites is 1. The van der Waals surface area contributed by atoms with E-state index in [1.807, 2.05) is 12.1 Å². The van der Waals surface area contributed by atoms with Crippen molar-refractivity contribution in [1.29, 1.82) is 0 Å². The molecule has 1 aromatic rings. The molecule has 0 bridgehead atoms. The van der Waals surface area contributed by atoms with Crippen molar-refractivity contribution < 1.29 is 26.3 Å². The molecule has 0 radical (unpaired) electrons. The van der Waals surface area contributed by atoms with E-state index in [1.165, 1.54) is 0 Å². The van der Waals surface area contributed by atoms with Crippen LogP contribution in [0.5, 0.6) is 0 Å². The van der Waals surface area contributed by atoms with Crippen LogP contribution in [0, 0.1) is 0 Å². The molecule has 8 N–H and O–H groups in total. The van der Waals surface area contributed by atoms with Gasteiger partial charge < -0.3 is 31.8 Å². The van der Waals surface area contributed by atoms with Gasteiger partial charge in [-0.2, -0.15) is 0 Å². The second kappa shape index (κ2) is 8.43. The molecule has 1 aliphatic heterocycles. The smallest absolute Gasteiger partial charge is 0.337 e. The molecule has 7 heteroatoms. The summed E-state index contributed by atoms with van der Waals surface area (Å²) < 4.78 is 0. The van der Waals surface area contributed by atoms with Gasteiger partial charge in [0, 0.05) is 26.2 Å². The van der Waals surface area contributed by atoms with Crippen LogP contribution in [-0.2, 0) is 0 Å². The van der Waals surface area contributed by atoms with Gasteiger partial charge in [-0.25, -0.2) is 4.79 Å². The molecular formula is C11H20N2O5. The quantitative estimate of drug-likeness (QED) is 0.653. The Hall–Kier alpha value is -1.67. The van der Waals surface area contributed by atoms with Crippen LogP contribution in [0.2, 0.25) is 0 Å². The number of aromatic carboxylic acids is 1. The Kier molecular flexibility index (Phi) is 8.75. The zero-order valence-corrected chi connectivity index (χ0v) is 9.94. The van der Waals surface area contributed by atoms with E-state index in [2.05, 4.69) is 10.2 Å². The van der Waals surface area contributed by atoms with E-state index in [1.54, 1.807) is 12.1 Å². The lowest BCUT2D eigenvalue weighted by Gasteiger charge is -2.30. The van der Waals surface area contributed by atoms with Crippen LogP contribution < -0.4 is 10.2 Å². The molecule has 1 aromatic carbocycles. The molecule has 0 aliphatic carbocycles. The molecule has 0 amide bonds. The van der Waals surface area contributed by atoms with Crippen molar-refractivity contribution in [2.75, 3.05) is 31.1 Å². The highest BCUT2D eigenvalue weighted by Gasteiger charge is 2.16. The number of carbonyl (C=O) groups is 1. The van der Waals surface area contributed by atoms with Crippen molar-refractivity contribution >= 4 is 11.7 Å². The molecule has 1 aliphatic rings. The molecule has 0 saturated carbocycles. The minimum atomic E-state index is -0.857. The van der Waals surface area contributed by atoms with Gasteiger partial charge in [0.1, 0.15) is 0 Å². The molecule has 0 unspecified atom stereocenters. The van der Waals surface area contributed by atoms with Gasteiger partial charge in [0.25, 0.3) is 0 Å². The predicted octanol–water partition coefficient (Wildman–Crippen LogP) is -1.68. The van der Waals surface area contributed by atoms with Gasteiger partial charge in [-0.3, -0.25) is 0 Å². The number of nitrogens with zero attached hydrogens (tertiary/aromatic N) is 1. The minimum absolute atomic E-state index is 0. The van der Waals surface area contributed by atoms with Crippen LogP contribution in [0.1, 0.15) is 10.4 Å². The van der Waals surface area contributed by atoms with Gasteiger partial charge >= 0.3 is 5.97 Å². The van der Waals surface area contributed by atoms with Gasteiger partial charge in [-0.1, -0.05) is 12.1 Å². The Morgan fingerprint density at radius 3 is 2.22 bits per heavy atom. The summed E-state index contributed by atoms with van der Waals surface area (Å²) in [5.41, 5.74) is 1.21. The molecule has 104 valence electrons. The number of carboxylic acids is 1. The highest BCUT2D eigenvalue weighted by molar-refractivity contribution is 5.94. The third kappa shape index (κ3) is 3.97. The average Bonchev–Trinajstić information content (AvgIpc) is 2.30. The second-order valence-corrected chi connectivity index (χ2v) is 3.56. The minimum Gasteiger partial charge on any atom is -0.478 e. The van der Waals surface area contributed by atoms with E-state index in [-0.39, 0.29) is 16.4 Å². The van der Waals surface area contributed by atoms with Crippen LogP contribution in [0.25, 0.3) is 0 Å². The van der Waals surface area contributed by atoms with Crippen LogP contribution in [-0.4, -0.2) is 53.7 Å². The monoisotopic (exact) mass is 260 g/mol. The third-order valence-corrected chi connectivity index (χ3v) is 2.59. The maximum atomic E-state index is 11.0. The zero-order valence-electron chi connectivity index (χ0n) is 9.94. The SMILES string of the molecule is O.O.O.O=C(O)c1ccccc1N1CCNCC1. The second-order valence-electron chi connectivity index (χ2n) is 3.56. The maximum absolute atomic E-state index is 11.0. The number of benzene rings is 1. The van der Waals surface area contributed by atoms with Gasteiger partial charge in [0.2, 0.25) is 0 Å². The third-order valence-electron chi connectivity index (χ3n) is 2.59. The molecule has 1 fully saturated rings. The van der Waals surface area contributed by atoms with Crippen molar-refractivity contribution in [3.05, 3.63) is 29.8 Å².